The lowest BCUT2D eigenvalue weighted by Crippen LogP contribution is -2.06. The Morgan fingerprint density at radius 1 is 1.53 bits per heavy atom. The van der Waals surface area contributed by atoms with Gasteiger partial charge in [0.2, 0.25) is 0 Å². The van der Waals surface area contributed by atoms with E-state index < -0.39 is 11.8 Å². The molecule has 3 N–H and O–H groups in total. The molecule has 2 aromatic rings. The average molecular weight is 235 g/mol. The van der Waals surface area contributed by atoms with Gasteiger partial charge in [-0.2, -0.15) is 5.10 Å². The molecule has 1 heterocycles. The van der Waals surface area contributed by atoms with E-state index in [9.17, 15) is 9.18 Å². The number of aryl methyl sites for hydroxylation is 1. The number of benzene rings is 1. The zero-order valence-corrected chi connectivity index (χ0v) is 9.01. The van der Waals surface area contributed by atoms with Crippen molar-refractivity contribution >= 4 is 11.8 Å². The first kappa shape index (κ1) is 11.1. The molecule has 0 aliphatic heterocycles. The van der Waals surface area contributed by atoms with E-state index >= 15 is 0 Å². The van der Waals surface area contributed by atoms with Crippen molar-refractivity contribution in [2.24, 2.45) is 0 Å². The SMILES string of the molecule is Cc1nn(-c2cccc(F)c2)c(N)c1C(=O)O. The van der Waals surface area contributed by atoms with Crippen molar-refractivity contribution in [3.05, 3.63) is 41.3 Å². The van der Waals surface area contributed by atoms with Gasteiger partial charge >= 0.3 is 5.97 Å². The largest absolute Gasteiger partial charge is 0.477 e. The normalized spacial score (nSPS) is 10.5. The van der Waals surface area contributed by atoms with E-state index in [-0.39, 0.29) is 11.4 Å². The number of rotatable bonds is 2. The Kier molecular flexibility index (Phi) is 2.55. The number of carboxylic acid groups (broad SMARTS) is 1. The fourth-order valence-electron chi connectivity index (χ4n) is 1.61. The fourth-order valence-corrected chi connectivity index (χ4v) is 1.61. The molecule has 0 saturated heterocycles. The maximum atomic E-state index is 13.1. The quantitative estimate of drug-likeness (QED) is 0.828. The summed E-state index contributed by atoms with van der Waals surface area (Å²) in [6.07, 6.45) is 0. The van der Waals surface area contributed by atoms with Gasteiger partial charge in [-0.3, -0.25) is 0 Å². The number of nitrogen functional groups attached to an aromatic ring is 1. The van der Waals surface area contributed by atoms with Gasteiger partial charge in [0.05, 0.1) is 11.4 Å². The first-order valence-electron chi connectivity index (χ1n) is 4.85. The summed E-state index contributed by atoms with van der Waals surface area (Å²) in [7, 11) is 0. The van der Waals surface area contributed by atoms with Crippen molar-refractivity contribution in [2.45, 2.75) is 6.92 Å². The molecule has 0 spiro atoms. The number of nitrogens with zero attached hydrogens (tertiary/aromatic N) is 2. The molecule has 0 bridgehead atoms. The Hall–Kier alpha value is -2.37. The van der Waals surface area contributed by atoms with Crippen LogP contribution >= 0.6 is 0 Å². The first-order valence-corrected chi connectivity index (χ1v) is 4.85. The van der Waals surface area contributed by atoms with Crippen LogP contribution in [0.5, 0.6) is 0 Å². The van der Waals surface area contributed by atoms with Crippen LogP contribution in [-0.4, -0.2) is 20.9 Å². The highest BCUT2D eigenvalue weighted by atomic mass is 19.1. The number of aromatic carboxylic acids is 1. The van der Waals surface area contributed by atoms with Crippen LogP contribution in [0.2, 0.25) is 0 Å². The molecule has 0 radical (unpaired) electrons. The number of nitrogens with two attached hydrogens (primary N) is 1. The Morgan fingerprint density at radius 3 is 2.76 bits per heavy atom. The molecule has 0 amide bonds. The second kappa shape index (κ2) is 3.89. The fraction of sp³-hybridized carbons (Fsp3) is 0.0909. The van der Waals surface area contributed by atoms with Gasteiger partial charge in [-0.15, -0.1) is 0 Å². The molecule has 2 rings (SSSR count). The van der Waals surface area contributed by atoms with Crippen molar-refractivity contribution in [3.63, 3.8) is 0 Å². The highest BCUT2D eigenvalue weighted by Crippen LogP contribution is 2.20. The Balaban J connectivity index is 2.62. The molecule has 0 aliphatic rings. The van der Waals surface area contributed by atoms with E-state index in [1.807, 2.05) is 0 Å². The van der Waals surface area contributed by atoms with Gasteiger partial charge in [0.25, 0.3) is 0 Å². The standard InChI is InChI=1S/C11H10FN3O2/c1-6-9(11(16)17)10(13)15(14-6)8-4-2-3-7(12)5-8/h2-5H,13H2,1H3,(H,16,17). The minimum atomic E-state index is -1.15. The van der Waals surface area contributed by atoms with Gasteiger partial charge in [-0.05, 0) is 25.1 Å². The third-order valence-electron chi connectivity index (χ3n) is 2.36. The summed E-state index contributed by atoms with van der Waals surface area (Å²) in [5, 5.41) is 12.9. The maximum Gasteiger partial charge on any atom is 0.341 e. The van der Waals surface area contributed by atoms with Gasteiger partial charge in [-0.25, -0.2) is 13.9 Å². The average Bonchev–Trinajstić information content (AvgIpc) is 2.54. The van der Waals surface area contributed by atoms with Crippen LogP contribution < -0.4 is 5.73 Å². The lowest BCUT2D eigenvalue weighted by atomic mass is 10.2. The molecular weight excluding hydrogens is 225 g/mol. The first-order chi connectivity index (χ1) is 8.00. The van der Waals surface area contributed by atoms with E-state index in [0.29, 0.717) is 11.4 Å². The summed E-state index contributed by atoms with van der Waals surface area (Å²) in [6, 6.07) is 5.61. The van der Waals surface area contributed by atoms with E-state index in [0.717, 1.165) is 0 Å². The van der Waals surface area contributed by atoms with E-state index in [1.165, 1.54) is 29.8 Å². The molecule has 0 atom stereocenters. The number of carbonyl (C=O) groups is 1. The monoisotopic (exact) mass is 235 g/mol. The van der Waals surface area contributed by atoms with Crippen LogP contribution in [0.25, 0.3) is 5.69 Å². The van der Waals surface area contributed by atoms with Crippen LogP contribution in [0.1, 0.15) is 16.1 Å². The number of anilines is 1. The highest BCUT2D eigenvalue weighted by molar-refractivity contribution is 5.94. The van der Waals surface area contributed by atoms with Gasteiger partial charge < -0.3 is 10.8 Å². The molecule has 88 valence electrons. The maximum absolute atomic E-state index is 13.1. The van der Waals surface area contributed by atoms with Crippen molar-refractivity contribution in [1.82, 2.24) is 9.78 Å². The van der Waals surface area contributed by atoms with E-state index in [1.54, 1.807) is 6.07 Å². The number of carboxylic acids is 1. The lowest BCUT2D eigenvalue weighted by molar-refractivity contribution is 0.0697. The number of halogens is 1. The molecular formula is C11H10FN3O2. The minimum Gasteiger partial charge on any atom is -0.477 e. The zero-order valence-electron chi connectivity index (χ0n) is 9.01. The number of hydrogen-bond acceptors (Lipinski definition) is 3. The van der Waals surface area contributed by atoms with Crippen LogP contribution in [0, 0.1) is 12.7 Å². The summed E-state index contributed by atoms with van der Waals surface area (Å²) >= 11 is 0. The zero-order chi connectivity index (χ0) is 12.6. The van der Waals surface area contributed by atoms with Crippen molar-refractivity contribution < 1.29 is 14.3 Å². The van der Waals surface area contributed by atoms with Crippen molar-refractivity contribution in [2.75, 3.05) is 5.73 Å². The van der Waals surface area contributed by atoms with Crippen molar-refractivity contribution in [3.8, 4) is 5.69 Å². The molecule has 1 aromatic carbocycles. The summed E-state index contributed by atoms with van der Waals surface area (Å²) in [5.41, 5.74) is 6.30. The van der Waals surface area contributed by atoms with Gasteiger partial charge in [0.15, 0.2) is 0 Å². The van der Waals surface area contributed by atoms with E-state index in [2.05, 4.69) is 5.10 Å². The number of hydrogen-bond donors (Lipinski definition) is 2. The van der Waals surface area contributed by atoms with Crippen LogP contribution in [-0.2, 0) is 0 Å². The number of aromatic nitrogens is 2. The summed E-state index contributed by atoms with van der Waals surface area (Å²) in [5.74, 6) is -1.60. The molecule has 0 fully saturated rings. The molecule has 5 nitrogen and oxygen atoms in total. The molecule has 1 aromatic heterocycles. The molecule has 6 heteroatoms. The minimum absolute atomic E-state index is 0.0133. The summed E-state index contributed by atoms with van der Waals surface area (Å²) < 4.78 is 14.3. The van der Waals surface area contributed by atoms with Gasteiger partial charge in [0, 0.05) is 0 Å². The third kappa shape index (κ3) is 1.84. The lowest BCUT2D eigenvalue weighted by Gasteiger charge is -2.03. The molecule has 0 aliphatic carbocycles. The topological polar surface area (TPSA) is 81.1 Å². The molecule has 0 unspecified atom stereocenters. The Bertz CT molecular complexity index is 592. The third-order valence-corrected chi connectivity index (χ3v) is 2.36. The smallest absolute Gasteiger partial charge is 0.341 e. The Labute approximate surface area is 96.3 Å². The van der Waals surface area contributed by atoms with Gasteiger partial charge in [0.1, 0.15) is 17.2 Å². The summed E-state index contributed by atoms with van der Waals surface area (Å²) in [4.78, 5) is 10.9. The van der Waals surface area contributed by atoms with Crippen molar-refractivity contribution in [1.29, 1.82) is 0 Å². The van der Waals surface area contributed by atoms with E-state index in [4.69, 9.17) is 10.8 Å². The second-order valence-electron chi connectivity index (χ2n) is 3.54. The summed E-state index contributed by atoms with van der Waals surface area (Å²) in [6.45, 7) is 1.54. The molecule has 0 saturated carbocycles. The molecule has 17 heavy (non-hydrogen) atoms. The predicted molar refractivity (Wildman–Crippen MR) is 59.6 cm³/mol. The highest BCUT2D eigenvalue weighted by Gasteiger charge is 2.19. The second-order valence-corrected chi connectivity index (χ2v) is 3.54. The van der Waals surface area contributed by atoms with Crippen LogP contribution in [0.4, 0.5) is 10.2 Å². The van der Waals surface area contributed by atoms with Crippen LogP contribution in [0.15, 0.2) is 24.3 Å². The Morgan fingerprint density at radius 2 is 2.24 bits per heavy atom. The predicted octanol–water partition coefficient (Wildman–Crippen LogP) is 1.60. The van der Waals surface area contributed by atoms with Crippen LogP contribution in [0.3, 0.4) is 0 Å². The van der Waals surface area contributed by atoms with Gasteiger partial charge in [-0.1, -0.05) is 6.07 Å².